The molecule has 0 aliphatic carbocycles. The Morgan fingerprint density at radius 2 is 2.33 bits per heavy atom. The van der Waals surface area contributed by atoms with Gasteiger partial charge >= 0.3 is 0 Å². The van der Waals surface area contributed by atoms with E-state index in [4.69, 9.17) is 0 Å². The molecule has 2 atom stereocenters. The molecule has 0 spiro atoms. The zero-order valence-electron chi connectivity index (χ0n) is 6.14. The largest absolute Gasteiger partial charge is 0.260 e. The fourth-order valence-corrected chi connectivity index (χ4v) is 3.16. The molecule has 54 valence electrons. The molecule has 1 rings (SSSR count). The molecule has 0 amide bonds. The summed E-state index contributed by atoms with van der Waals surface area (Å²) in [5.74, 6) is 1.87. The highest BCUT2D eigenvalue weighted by Gasteiger charge is 2.30. The monoisotopic (exact) mass is 146 g/mol. The summed E-state index contributed by atoms with van der Waals surface area (Å²) in [5.41, 5.74) is 0.408. The van der Waals surface area contributed by atoms with E-state index >= 15 is 0 Å². The Labute approximate surface area is 59.3 Å². The first-order valence-electron chi connectivity index (χ1n) is 3.51. The van der Waals surface area contributed by atoms with Crippen molar-refractivity contribution in [2.45, 2.75) is 26.7 Å². The third-order valence-corrected chi connectivity index (χ3v) is 3.97. The van der Waals surface area contributed by atoms with Gasteiger partial charge in [0, 0.05) is 22.3 Å². The Kier molecular flexibility index (Phi) is 1.94. The van der Waals surface area contributed by atoms with Crippen molar-refractivity contribution in [2.24, 2.45) is 5.41 Å². The quantitative estimate of drug-likeness (QED) is 0.548. The summed E-state index contributed by atoms with van der Waals surface area (Å²) in [7, 11) is -0.492. The van der Waals surface area contributed by atoms with Crippen LogP contribution in [-0.4, -0.2) is 15.7 Å². The summed E-state index contributed by atoms with van der Waals surface area (Å²) >= 11 is 0. The van der Waals surface area contributed by atoms with Crippen molar-refractivity contribution in [3.05, 3.63) is 0 Å². The van der Waals surface area contributed by atoms with Gasteiger partial charge in [-0.2, -0.15) is 0 Å². The number of hydrogen-bond donors (Lipinski definition) is 0. The van der Waals surface area contributed by atoms with Crippen molar-refractivity contribution in [3.8, 4) is 0 Å². The van der Waals surface area contributed by atoms with Gasteiger partial charge in [-0.05, 0) is 18.3 Å². The molecule has 0 aromatic heterocycles. The van der Waals surface area contributed by atoms with E-state index in [2.05, 4.69) is 13.8 Å². The van der Waals surface area contributed by atoms with Gasteiger partial charge in [0.1, 0.15) is 0 Å². The molecule has 1 fully saturated rings. The van der Waals surface area contributed by atoms with Crippen molar-refractivity contribution in [3.63, 3.8) is 0 Å². The molecule has 1 aliphatic rings. The van der Waals surface area contributed by atoms with Crippen LogP contribution in [0.3, 0.4) is 0 Å². The summed E-state index contributed by atoms with van der Waals surface area (Å²) in [6.45, 7) is 4.42. The van der Waals surface area contributed by atoms with E-state index in [1.54, 1.807) is 0 Å². The molecule has 0 radical (unpaired) electrons. The first kappa shape index (κ1) is 7.26. The van der Waals surface area contributed by atoms with Crippen molar-refractivity contribution in [2.75, 3.05) is 11.5 Å². The smallest absolute Gasteiger partial charge is 0.0288 e. The molecule has 0 bridgehead atoms. The van der Waals surface area contributed by atoms with Gasteiger partial charge < -0.3 is 0 Å². The second kappa shape index (κ2) is 2.41. The molecule has 1 saturated heterocycles. The van der Waals surface area contributed by atoms with Gasteiger partial charge in [0.2, 0.25) is 0 Å². The highest BCUT2D eigenvalue weighted by Crippen LogP contribution is 2.32. The molecule has 2 unspecified atom stereocenters. The lowest BCUT2D eigenvalue weighted by molar-refractivity contribution is 0.364. The molecule has 1 heterocycles. The van der Waals surface area contributed by atoms with E-state index < -0.39 is 10.8 Å². The maximum atomic E-state index is 10.9. The van der Waals surface area contributed by atoms with Crippen molar-refractivity contribution in [1.82, 2.24) is 0 Å². The van der Waals surface area contributed by atoms with Crippen LogP contribution in [0.2, 0.25) is 0 Å². The second-order valence-corrected chi connectivity index (χ2v) is 4.78. The Morgan fingerprint density at radius 3 is 2.56 bits per heavy atom. The second-order valence-electron chi connectivity index (χ2n) is 3.20. The van der Waals surface area contributed by atoms with Crippen LogP contribution in [0, 0.1) is 5.41 Å². The third kappa shape index (κ3) is 1.54. The molecule has 0 saturated carbocycles. The zero-order valence-corrected chi connectivity index (χ0v) is 6.96. The normalized spacial score (nSPS) is 43.6. The third-order valence-electron chi connectivity index (χ3n) is 2.30. The minimum absolute atomic E-state index is 0.408. The average molecular weight is 146 g/mol. The molecule has 2 heteroatoms. The number of hydrogen-bond acceptors (Lipinski definition) is 1. The molecule has 1 aliphatic heterocycles. The van der Waals surface area contributed by atoms with Crippen LogP contribution in [0.4, 0.5) is 0 Å². The average Bonchev–Trinajstić information content (AvgIpc) is 2.13. The molecule has 1 nitrogen and oxygen atoms in total. The van der Waals surface area contributed by atoms with E-state index in [1.807, 2.05) is 0 Å². The van der Waals surface area contributed by atoms with Crippen LogP contribution in [0.5, 0.6) is 0 Å². The van der Waals surface area contributed by atoms with Crippen molar-refractivity contribution >= 4 is 10.8 Å². The van der Waals surface area contributed by atoms with Gasteiger partial charge in [0.05, 0.1) is 0 Å². The number of rotatable bonds is 1. The van der Waals surface area contributed by atoms with Crippen LogP contribution in [0.25, 0.3) is 0 Å². The predicted octanol–water partition coefficient (Wildman–Crippen LogP) is 1.56. The predicted molar refractivity (Wildman–Crippen MR) is 40.9 cm³/mol. The summed E-state index contributed by atoms with van der Waals surface area (Å²) < 4.78 is 10.9. The maximum absolute atomic E-state index is 10.9. The fourth-order valence-electron chi connectivity index (χ4n) is 1.17. The van der Waals surface area contributed by atoms with E-state index in [-0.39, 0.29) is 0 Å². The first-order chi connectivity index (χ1) is 4.16. The Bertz CT molecular complexity index is 133. The molecular formula is C7H14OS. The Morgan fingerprint density at radius 1 is 1.67 bits per heavy atom. The molecular weight excluding hydrogens is 132 g/mol. The van der Waals surface area contributed by atoms with Crippen LogP contribution in [0.1, 0.15) is 26.7 Å². The highest BCUT2D eigenvalue weighted by molar-refractivity contribution is 7.85. The van der Waals surface area contributed by atoms with Crippen molar-refractivity contribution in [1.29, 1.82) is 0 Å². The van der Waals surface area contributed by atoms with Gasteiger partial charge in [-0.15, -0.1) is 0 Å². The van der Waals surface area contributed by atoms with Gasteiger partial charge in [0.25, 0.3) is 0 Å². The molecule has 0 aromatic carbocycles. The van der Waals surface area contributed by atoms with E-state index in [0.29, 0.717) is 5.41 Å². The summed E-state index contributed by atoms with van der Waals surface area (Å²) in [6, 6.07) is 0. The van der Waals surface area contributed by atoms with Crippen LogP contribution in [0.15, 0.2) is 0 Å². The van der Waals surface area contributed by atoms with Gasteiger partial charge in [-0.1, -0.05) is 13.8 Å². The lowest BCUT2D eigenvalue weighted by Gasteiger charge is -2.18. The minimum Gasteiger partial charge on any atom is -0.260 e. The van der Waals surface area contributed by atoms with E-state index in [1.165, 1.54) is 6.42 Å². The van der Waals surface area contributed by atoms with Crippen LogP contribution < -0.4 is 0 Å². The topological polar surface area (TPSA) is 17.1 Å². The van der Waals surface area contributed by atoms with Gasteiger partial charge in [-0.25, -0.2) is 0 Å². The lowest BCUT2D eigenvalue weighted by Crippen LogP contribution is -2.14. The van der Waals surface area contributed by atoms with Crippen molar-refractivity contribution < 1.29 is 4.21 Å². The van der Waals surface area contributed by atoms with Gasteiger partial charge in [0.15, 0.2) is 0 Å². The van der Waals surface area contributed by atoms with Crippen LogP contribution >= 0.6 is 0 Å². The first-order valence-corrected chi connectivity index (χ1v) is 5.00. The highest BCUT2D eigenvalue weighted by atomic mass is 32.2. The van der Waals surface area contributed by atoms with Gasteiger partial charge in [-0.3, -0.25) is 4.21 Å². The summed E-state index contributed by atoms with van der Waals surface area (Å²) in [5, 5.41) is 0. The molecule has 9 heavy (non-hydrogen) atoms. The lowest BCUT2D eigenvalue weighted by atomic mass is 9.88. The van der Waals surface area contributed by atoms with E-state index in [0.717, 1.165) is 17.9 Å². The molecule has 0 N–H and O–H groups in total. The Hall–Kier alpha value is 0.150. The maximum Gasteiger partial charge on any atom is 0.0288 e. The summed E-state index contributed by atoms with van der Waals surface area (Å²) in [6.07, 6.45) is 2.34. The standard InChI is InChI=1S/C7H14OS/c1-3-7(2)4-5-9(8)6-7/h3-6H2,1-2H3. The SMILES string of the molecule is CCC1(C)CCS(=O)C1. The summed E-state index contributed by atoms with van der Waals surface area (Å²) in [4.78, 5) is 0. The molecule has 0 aromatic rings. The van der Waals surface area contributed by atoms with Crippen LogP contribution in [-0.2, 0) is 10.8 Å². The Balaban J connectivity index is 2.54. The minimum atomic E-state index is -0.492. The zero-order chi connectivity index (χ0) is 6.91. The van der Waals surface area contributed by atoms with E-state index in [9.17, 15) is 4.21 Å². The fraction of sp³-hybridized carbons (Fsp3) is 1.00.